The number of benzene rings is 1. The van der Waals surface area contributed by atoms with E-state index in [9.17, 15) is 10.1 Å². The van der Waals surface area contributed by atoms with Crippen molar-refractivity contribution in [3.8, 4) is 0 Å². The first-order valence-corrected chi connectivity index (χ1v) is 6.54. The van der Waals surface area contributed by atoms with Gasteiger partial charge in [-0.15, -0.1) is 0 Å². The van der Waals surface area contributed by atoms with Gasteiger partial charge in [0.05, 0.1) is 15.6 Å². The molecule has 1 saturated heterocycles. The van der Waals surface area contributed by atoms with Crippen LogP contribution in [0.15, 0.2) is 18.2 Å². The Morgan fingerprint density at radius 2 is 1.94 bits per heavy atom. The van der Waals surface area contributed by atoms with E-state index in [1.807, 2.05) is 0 Å². The van der Waals surface area contributed by atoms with Crippen molar-refractivity contribution in [2.45, 2.75) is 20.3 Å². The van der Waals surface area contributed by atoms with Crippen LogP contribution in [0, 0.1) is 22.0 Å². The summed E-state index contributed by atoms with van der Waals surface area (Å²) < 4.78 is 0. The fraction of sp³-hybridized carbons (Fsp3) is 0.538. The van der Waals surface area contributed by atoms with E-state index in [2.05, 4.69) is 18.7 Å². The number of anilines is 1. The van der Waals surface area contributed by atoms with E-state index < -0.39 is 4.92 Å². The second-order valence-corrected chi connectivity index (χ2v) is 5.65. The van der Waals surface area contributed by atoms with Gasteiger partial charge in [-0.25, -0.2) is 0 Å². The molecule has 5 heteroatoms. The summed E-state index contributed by atoms with van der Waals surface area (Å²) in [4.78, 5) is 12.5. The van der Waals surface area contributed by atoms with Crippen LogP contribution in [0.4, 0.5) is 11.4 Å². The second kappa shape index (κ2) is 5.14. The maximum atomic E-state index is 10.7. The number of nitro groups is 1. The van der Waals surface area contributed by atoms with Gasteiger partial charge in [0, 0.05) is 25.2 Å². The Labute approximate surface area is 112 Å². The van der Waals surface area contributed by atoms with E-state index >= 15 is 0 Å². The molecule has 0 spiro atoms. The highest BCUT2D eigenvalue weighted by Gasteiger charge is 2.24. The maximum Gasteiger partial charge on any atom is 0.271 e. The van der Waals surface area contributed by atoms with E-state index in [1.165, 1.54) is 18.6 Å². The lowest BCUT2D eigenvalue weighted by molar-refractivity contribution is -0.384. The molecule has 1 aromatic carbocycles. The van der Waals surface area contributed by atoms with Gasteiger partial charge in [0.2, 0.25) is 0 Å². The Balaban J connectivity index is 2.25. The molecule has 0 amide bonds. The summed E-state index contributed by atoms with van der Waals surface area (Å²) in [5.41, 5.74) is 0.947. The first-order valence-electron chi connectivity index (χ1n) is 6.16. The van der Waals surface area contributed by atoms with Crippen molar-refractivity contribution >= 4 is 23.0 Å². The van der Waals surface area contributed by atoms with Gasteiger partial charge in [-0.3, -0.25) is 10.1 Å². The molecule has 1 aromatic rings. The Kier molecular flexibility index (Phi) is 3.76. The van der Waals surface area contributed by atoms with Crippen LogP contribution in [-0.4, -0.2) is 18.0 Å². The monoisotopic (exact) mass is 268 g/mol. The Morgan fingerprint density at radius 1 is 1.33 bits per heavy atom. The lowest BCUT2D eigenvalue weighted by Gasteiger charge is -2.37. The summed E-state index contributed by atoms with van der Waals surface area (Å²) in [7, 11) is 0. The van der Waals surface area contributed by atoms with Gasteiger partial charge in [-0.05, 0) is 24.3 Å². The summed E-state index contributed by atoms with van der Waals surface area (Å²) in [6, 6.07) is 4.71. The third kappa shape index (κ3) is 2.75. The smallest absolute Gasteiger partial charge is 0.271 e. The van der Waals surface area contributed by atoms with Crippen LogP contribution in [0.1, 0.15) is 20.3 Å². The molecule has 1 fully saturated rings. The van der Waals surface area contributed by atoms with Crippen molar-refractivity contribution < 1.29 is 4.92 Å². The highest BCUT2D eigenvalue weighted by Crippen LogP contribution is 2.33. The third-order valence-electron chi connectivity index (χ3n) is 3.35. The molecule has 0 unspecified atom stereocenters. The fourth-order valence-electron chi connectivity index (χ4n) is 2.73. The van der Waals surface area contributed by atoms with Crippen molar-refractivity contribution in [3.63, 3.8) is 0 Å². The molecule has 0 bridgehead atoms. The van der Waals surface area contributed by atoms with Crippen molar-refractivity contribution in [1.29, 1.82) is 0 Å². The minimum atomic E-state index is -0.420. The molecule has 1 heterocycles. The molecule has 0 aromatic heterocycles. The van der Waals surface area contributed by atoms with Gasteiger partial charge in [-0.2, -0.15) is 0 Å². The molecular weight excluding hydrogens is 252 g/mol. The number of hydrogen-bond acceptors (Lipinski definition) is 3. The zero-order chi connectivity index (χ0) is 13.3. The molecule has 2 rings (SSSR count). The number of hydrogen-bond donors (Lipinski definition) is 0. The zero-order valence-electron chi connectivity index (χ0n) is 10.6. The Bertz CT molecular complexity index is 454. The molecule has 1 aliphatic rings. The SMILES string of the molecule is C[C@@H]1C[C@H](C)CN(c2ccc([N+](=O)[O-])cc2Cl)C1. The van der Waals surface area contributed by atoms with Gasteiger partial charge in [-0.1, -0.05) is 25.4 Å². The second-order valence-electron chi connectivity index (χ2n) is 5.24. The summed E-state index contributed by atoms with van der Waals surface area (Å²) in [6.07, 6.45) is 1.22. The molecular formula is C13H17ClN2O2. The van der Waals surface area contributed by atoms with E-state index in [0.717, 1.165) is 18.8 Å². The summed E-state index contributed by atoms with van der Waals surface area (Å²) >= 11 is 6.16. The number of non-ortho nitro benzene ring substituents is 1. The molecule has 0 N–H and O–H groups in total. The van der Waals surface area contributed by atoms with Crippen molar-refractivity contribution in [2.75, 3.05) is 18.0 Å². The molecule has 0 radical (unpaired) electrons. The predicted molar refractivity (Wildman–Crippen MR) is 73.3 cm³/mol. The fourth-order valence-corrected chi connectivity index (χ4v) is 3.02. The van der Waals surface area contributed by atoms with Gasteiger partial charge < -0.3 is 4.90 Å². The quantitative estimate of drug-likeness (QED) is 0.606. The van der Waals surface area contributed by atoms with Crippen LogP contribution in [0.5, 0.6) is 0 Å². The topological polar surface area (TPSA) is 46.4 Å². The Hall–Kier alpha value is -1.29. The first-order chi connectivity index (χ1) is 8.47. The van der Waals surface area contributed by atoms with Crippen molar-refractivity contribution in [3.05, 3.63) is 33.3 Å². The predicted octanol–water partition coefficient (Wildman–Crippen LogP) is 3.73. The van der Waals surface area contributed by atoms with Gasteiger partial charge >= 0.3 is 0 Å². The highest BCUT2D eigenvalue weighted by molar-refractivity contribution is 6.33. The standard InChI is InChI=1S/C13H17ClN2O2/c1-9-5-10(2)8-15(7-9)13-4-3-11(16(17)18)6-12(13)14/h3-4,6,9-10H,5,7-8H2,1-2H3/t9-,10+. The van der Waals surface area contributed by atoms with Crippen LogP contribution in [0.2, 0.25) is 5.02 Å². The van der Waals surface area contributed by atoms with Gasteiger partial charge in [0.1, 0.15) is 0 Å². The average molecular weight is 269 g/mol. The molecule has 18 heavy (non-hydrogen) atoms. The van der Waals surface area contributed by atoms with E-state index in [-0.39, 0.29) is 5.69 Å². The summed E-state index contributed by atoms with van der Waals surface area (Å²) in [5, 5.41) is 11.1. The van der Waals surface area contributed by atoms with E-state index in [4.69, 9.17) is 11.6 Å². The molecule has 0 saturated carbocycles. The highest BCUT2D eigenvalue weighted by atomic mass is 35.5. The third-order valence-corrected chi connectivity index (χ3v) is 3.65. The molecule has 0 aliphatic carbocycles. The molecule has 98 valence electrons. The number of nitrogens with zero attached hydrogens (tertiary/aromatic N) is 2. The lowest BCUT2D eigenvalue weighted by Crippen LogP contribution is -2.38. The summed E-state index contributed by atoms with van der Waals surface area (Å²) in [6.45, 7) is 6.37. The lowest BCUT2D eigenvalue weighted by atomic mass is 9.91. The molecule has 1 aliphatic heterocycles. The van der Waals surface area contributed by atoms with Crippen LogP contribution in [0.3, 0.4) is 0 Å². The minimum absolute atomic E-state index is 0.0434. The van der Waals surface area contributed by atoms with Gasteiger partial charge in [0.15, 0.2) is 0 Å². The van der Waals surface area contributed by atoms with Crippen molar-refractivity contribution in [1.82, 2.24) is 0 Å². The summed E-state index contributed by atoms with van der Waals surface area (Å²) in [5.74, 6) is 1.25. The van der Waals surface area contributed by atoms with Crippen molar-refractivity contribution in [2.24, 2.45) is 11.8 Å². The van der Waals surface area contributed by atoms with E-state index in [1.54, 1.807) is 6.07 Å². The number of halogens is 1. The average Bonchev–Trinajstić information content (AvgIpc) is 2.27. The van der Waals surface area contributed by atoms with Gasteiger partial charge in [0.25, 0.3) is 5.69 Å². The Morgan fingerprint density at radius 3 is 2.44 bits per heavy atom. The first kappa shape index (κ1) is 13.1. The molecule has 2 atom stereocenters. The molecule has 4 nitrogen and oxygen atoms in total. The normalized spacial score (nSPS) is 24.1. The number of nitro benzene ring substituents is 1. The zero-order valence-corrected chi connectivity index (χ0v) is 11.4. The van der Waals surface area contributed by atoms with Crippen LogP contribution in [0.25, 0.3) is 0 Å². The van der Waals surface area contributed by atoms with Crippen LogP contribution < -0.4 is 4.90 Å². The van der Waals surface area contributed by atoms with E-state index in [0.29, 0.717) is 16.9 Å². The van der Waals surface area contributed by atoms with Crippen LogP contribution in [-0.2, 0) is 0 Å². The minimum Gasteiger partial charge on any atom is -0.370 e. The number of piperidine rings is 1. The largest absolute Gasteiger partial charge is 0.370 e. The number of rotatable bonds is 2. The van der Waals surface area contributed by atoms with Crippen LogP contribution >= 0.6 is 11.6 Å². The maximum absolute atomic E-state index is 10.7.